The second-order valence-corrected chi connectivity index (χ2v) is 4.72. The second-order valence-electron chi connectivity index (χ2n) is 4.72. The summed E-state index contributed by atoms with van der Waals surface area (Å²) in [5, 5.41) is 11.7. The lowest BCUT2D eigenvalue weighted by Crippen LogP contribution is -2.25. The maximum absolute atomic E-state index is 11.7. The molecule has 0 aliphatic carbocycles. The van der Waals surface area contributed by atoms with Gasteiger partial charge in [0, 0.05) is 26.2 Å². The maximum Gasteiger partial charge on any atom is 0.335 e. The fraction of sp³-hybridized carbons (Fsp3) is 0.429. The van der Waals surface area contributed by atoms with Gasteiger partial charge >= 0.3 is 5.97 Å². The highest BCUT2D eigenvalue weighted by Crippen LogP contribution is 2.16. The van der Waals surface area contributed by atoms with Crippen molar-refractivity contribution in [3.05, 3.63) is 35.4 Å². The van der Waals surface area contributed by atoms with E-state index >= 15 is 0 Å². The Balaban J connectivity index is 1.82. The van der Waals surface area contributed by atoms with Gasteiger partial charge in [-0.15, -0.1) is 0 Å². The summed E-state index contributed by atoms with van der Waals surface area (Å²) in [6.45, 7) is 1.74. The number of carboxylic acid groups (broad SMARTS) is 1. The lowest BCUT2D eigenvalue weighted by Gasteiger charge is -2.09. The molecule has 0 spiro atoms. The van der Waals surface area contributed by atoms with Gasteiger partial charge in [-0.1, -0.05) is 12.1 Å². The summed E-state index contributed by atoms with van der Waals surface area (Å²) in [6, 6.07) is 6.58. The van der Waals surface area contributed by atoms with E-state index in [2.05, 4.69) is 5.32 Å². The zero-order valence-corrected chi connectivity index (χ0v) is 10.6. The lowest BCUT2D eigenvalue weighted by atomic mass is 10.0. The first kappa shape index (κ1) is 13.5. The highest BCUT2D eigenvalue weighted by molar-refractivity contribution is 5.87. The topological polar surface area (TPSA) is 75.6 Å². The average molecular weight is 263 g/mol. The molecule has 1 amide bonds. The van der Waals surface area contributed by atoms with Gasteiger partial charge in [0.25, 0.3) is 0 Å². The molecule has 2 rings (SSSR count). The molecular formula is C14H17NO4. The Labute approximate surface area is 111 Å². The molecule has 0 radical (unpaired) electrons. The first-order valence-corrected chi connectivity index (χ1v) is 6.32. The molecule has 0 saturated carbocycles. The standard InChI is InChI=1S/C14H17NO4/c16-13(7-11-4-5-19-9-11)15-8-10-2-1-3-12(6-10)14(17)18/h1-3,6,11H,4-5,7-9H2,(H,15,16)(H,17,18). The molecule has 1 aliphatic heterocycles. The van der Waals surface area contributed by atoms with Crippen LogP contribution in [0, 0.1) is 5.92 Å². The number of carbonyl (C=O) groups excluding carboxylic acids is 1. The highest BCUT2D eigenvalue weighted by atomic mass is 16.5. The van der Waals surface area contributed by atoms with Crippen molar-refractivity contribution in [2.24, 2.45) is 5.92 Å². The van der Waals surface area contributed by atoms with Crippen molar-refractivity contribution in [1.29, 1.82) is 0 Å². The SMILES string of the molecule is O=C(CC1CCOC1)NCc1cccc(C(=O)O)c1. The molecule has 0 bridgehead atoms. The quantitative estimate of drug-likeness (QED) is 0.842. The van der Waals surface area contributed by atoms with E-state index < -0.39 is 5.97 Å². The van der Waals surface area contributed by atoms with Crippen LogP contribution in [0.15, 0.2) is 24.3 Å². The van der Waals surface area contributed by atoms with Crippen molar-refractivity contribution >= 4 is 11.9 Å². The van der Waals surface area contributed by atoms with E-state index in [0.29, 0.717) is 25.5 Å². The molecule has 1 unspecified atom stereocenters. The summed E-state index contributed by atoms with van der Waals surface area (Å²) in [7, 11) is 0. The number of carbonyl (C=O) groups is 2. The number of ether oxygens (including phenoxy) is 1. The van der Waals surface area contributed by atoms with E-state index in [1.807, 2.05) is 0 Å². The highest BCUT2D eigenvalue weighted by Gasteiger charge is 2.18. The van der Waals surface area contributed by atoms with Gasteiger partial charge in [-0.25, -0.2) is 4.79 Å². The average Bonchev–Trinajstić information content (AvgIpc) is 2.89. The number of rotatable bonds is 5. The second kappa shape index (κ2) is 6.33. The Kier molecular flexibility index (Phi) is 4.52. The number of hydrogen-bond donors (Lipinski definition) is 2. The van der Waals surface area contributed by atoms with Crippen LogP contribution in [0.2, 0.25) is 0 Å². The van der Waals surface area contributed by atoms with E-state index in [1.165, 1.54) is 6.07 Å². The van der Waals surface area contributed by atoms with Gasteiger partial charge in [0.15, 0.2) is 0 Å². The summed E-state index contributed by atoms with van der Waals surface area (Å²) < 4.78 is 5.22. The summed E-state index contributed by atoms with van der Waals surface area (Å²) in [5.74, 6) is -0.669. The van der Waals surface area contributed by atoms with Crippen molar-refractivity contribution in [3.63, 3.8) is 0 Å². The smallest absolute Gasteiger partial charge is 0.335 e. The molecule has 1 aromatic rings. The molecular weight excluding hydrogens is 246 g/mol. The van der Waals surface area contributed by atoms with Gasteiger partial charge in [0.2, 0.25) is 5.91 Å². The van der Waals surface area contributed by atoms with Crippen LogP contribution in [0.3, 0.4) is 0 Å². The van der Waals surface area contributed by atoms with Gasteiger partial charge in [-0.3, -0.25) is 4.79 Å². The number of amides is 1. The van der Waals surface area contributed by atoms with Gasteiger partial charge in [-0.2, -0.15) is 0 Å². The Hall–Kier alpha value is -1.88. The number of carboxylic acids is 1. The summed E-state index contributed by atoms with van der Waals surface area (Å²) in [4.78, 5) is 22.5. The third kappa shape index (κ3) is 4.06. The zero-order chi connectivity index (χ0) is 13.7. The minimum Gasteiger partial charge on any atom is -0.478 e. The lowest BCUT2D eigenvalue weighted by molar-refractivity contribution is -0.122. The van der Waals surface area contributed by atoms with Crippen LogP contribution in [0.5, 0.6) is 0 Å². The molecule has 19 heavy (non-hydrogen) atoms. The van der Waals surface area contributed by atoms with Gasteiger partial charge in [0.1, 0.15) is 0 Å². The predicted molar refractivity (Wildman–Crippen MR) is 68.8 cm³/mol. The molecule has 5 heteroatoms. The van der Waals surface area contributed by atoms with Crippen molar-refractivity contribution in [1.82, 2.24) is 5.32 Å². The van der Waals surface area contributed by atoms with Crippen LogP contribution in [0.25, 0.3) is 0 Å². The number of hydrogen-bond acceptors (Lipinski definition) is 3. The molecule has 0 aromatic heterocycles. The van der Waals surface area contributed by atoms with Crippen LogP contribution in [-0.4, -0.2) is 30.2 Å². The first-order valence-electron chi connectivity index (χ1n) is 6.32. The minimum atomic E-state index is -0.962. The van der Waals surface area contributed by atoms with E-state index in [1.54, 1.807) is 18.2 Å². The van der Waals surface area contributed by atoms with Crippen LogP contribution in [0.4, 0.5) is 0 Å². The first-order chi connectivity index (χ1) is 9.15. The summed E-state index contributed by atoms with van der Waals surface area (Å²) >= 11 is 0. The monoisotopic (exact) mass is 263 g/mol. The molecule has 1 heterocycles. The van der Waals surface area contributed by atoms with Crippen molar-refractivity contribution in [2.75, 3.05) is 13.2 Å². The van der Waals surface area contributed by atoms with Crippen LogP contribution in [-0.2, 0) is 16.1 Å². The summed E-state index contributed by atoms with van der Waals surface area (Å²) in [6.07, 6.45) is 1.40. The van der Waals surface area contributed by atoms with Crippen LogP contribution in [0.1, 0.15) is 28.8 Å². The molecule has 1 fully saturated rings. The fourth-order valence-corrected chi connectivity index (χ4v) is 2.09. The van der Waals surface area contributed by atoms with E-state index in [4.69, 9.17) is 9.84 Å². The molecule has 1 saturated heterocycles. The molecule has 1 aromatic carbocycles. The normalized spacial score (nSPS) is 18.2. The minimum absolute atomic E-state index is 0.0174. The van der Waals surface area contributed by atoms with Gasteiger partial charge < -0.3 is 15.2 Å². The summed E-state index contributed by atoms with van der Waals surface area (Å²) in [5.41, 5.74) is 1.02. The van der Waals surface area contributed by atoms with Crippen molar-refractivity contribution in [3.8, 4) is 0 Å². The van der Waals surface area contributed by atoms with E-state index in [0.717, 1.165) is 18.6 Å². The molecule has 1 atom stereocenters. The maximum atomic E-state index is 11.7. The Morgan fingerprint density at radius 3 is 2.95 bits per heavy atom. The van der Waals surface area contributed by atoms with Gasteiger partial charge in [0.05, 0.1) is 5.56 Å². The molecule has 5 nitrogen and oxygen atoms in total. The Morgan fingerprint density at radius 2 is 2.26 bits per heavy atom. The van der Waals surface area contributed by atoms with Crippen LogP contribution < -0.4 is 5.32 Å². The fourth-order valence-electron chi connectivity index (χ4n) is 2.09. The molecule has 1 aliphatic rings. The zero-order valence-electron chi connectivity index (χ0n) is 10.6. The van der Waals surface area contributed by atoms with Crippen LogP contribution >= 0.6 is 0 Å². The third-order valence-electron chi connectivity index (χ3n) is 3.16. The molecule has 102 valence electrons. The van der Waals surface area contributed by atoms with Crippen molar-refractivity contribution in [2.45, 2.75) is 19.4 Å². The predicted octanol–water partition coefficient (Wildman–Crippen LogP) is 1.43. The Bertz CT molecular complexity index is 466. The van der Waals surface area contributed by atoms with E-state index in [9.17, 15) is 9.59 Å². The Morgan fingerprint density at radius 1 is 1.42 bits per heavy atom. The number of nitrogens with one attached hydrogen (secondary N) is 1. The van der Waals surface area contributed by atoms with Gasteiger partial charge in [-0.05, 0) is 30.0 Å². The third-order valence-corrected chi connectivity index (χ3v) is 3.16. The largest absolute Gasteiger partial charge is 0.478 e. The van der Waals surface area contributed by atoms with Crippen molar-refractivity contribution < 1.29 is 19.4 Å². The number of benzene rings is 1. The number of aromatic carboxylic acids is 1. The molecule has 2 N–H and O–H groups in total. The van der Waals surface area contributed by atoms with E-state index in [-0.39, 0.29) is 11.5 Å².